The zero-order chi connectivity index (χ0) is 15.1. The number of rotatable bonds is 4. The van der Waals surface area contributed by atoms with Crippen LogP contribution in [0, 0.1) is 0 Å². The summed E-state index contributed by atoms with van der Waals surface area (Å²) in [4.78, 5) is 22.2. The van der Waals surface area contributed by atoms with E-state index in [1.165, 1.54) is 12.5 Å². The van der Waals surface area contributed by atoms with Gasteiger partial charge in [-0.3, -0.25) is 0 Å². The minimum absolute atomic E-state index is 0.212. The number of carbonyl (C=O) groups excluding carboxylic acids is 1. The van der Waals surface area contributed by atoms with Crippen molar-refractivity contribution in [2.45, 2.75) is 38.1 Å². The summed E-state index contributed by atoms with van der Waals surface area (Å²) in [6.45, 7) is 0. The van der Waals surface area contributed by atoms with Crippen molar-refractivity contribution in [2.24, 2.45) is 0 Å². The molecule has 1 aromatic rings. The van der Waals surface area contributed by atoms with Crippen LogP contribution in [-0.2, 0) is 4.79 Å². The van der Waals surface area contributed by atoms with Crippen LogP contribution in [0.1, 0.15) is 37.7 Å². The van der Waals surface area contributed by atoms with Crippen LogP contribution in [0.3, 0.4) is 0 Å². The molecule has 0 spiro atoms. The van der Waals surface area contributed by atoms with E-state index >= 15 is 0 Å². The van der Waals surface area contributed by atoms with Crippen LogP contribution in [0.5, 0.6) is 5.75 Å². The lowest BCUT2D eigenvalue weighted by Gasteiger charge is -2.22. The van der Waals surface area contributed by atoms with Crippen LogP contribution in [0.2, 0.25) is 0 Å². The fourth-order valence-electron chi connectivity index (χ4n) is 2.36. The molecule has 1 aliphatic rings. The molecule has 1 amide bonds. The van der Waals surface area contributed by atoms with E-state index in [1.807, 2.05) is 0 Å². The van der Waals surface area contributed by atoms with Gasteiger partial charge in [-0.25, -0.2) is 9.59 Å². The molecule has 1 fully saturated rings. The Morgan fingerprint density at radius 3 is 2.43 bits per heavy atom. The first-order chi connectivity index (χ1) is 10.1. The normalized spacial score (nSPS) is 15.8. The number of carboxylic acid groups (broad SMARTS) is 1. The number of carboxylic acids is 1. The van der Waals surface area contributed by atoms with Gasteiger partial charge in [0.1, 0.15) is 5.75 Å². The molecule has 2 rings (SSSR count). The van der Waals surface area contributed by atoms with Crippen molar-refractivity contribution in [3.8, 4) is 5.75 Å². The van der Waals surface area contributed by atoms with Gasteiger partial charge in [0.05, 0.1) is 0 Å². The smallest absolute Gasteiger partial charge is 0.412 e. The van der Waals surface area contributed by atoms with E-state index in [2.05, 4.69) is 5.32 Å². The van der Waals surface area contributed by atoms with Gasteiger partial charge >= 0.3 is 12.1 Å². The van der Waals surface area contributed by atoms with Crippen molar-refractivity contribution in [3.63, 3.8) is 0 Å². The van der Waals surface area contributed by atoms with Gasteiger partial charge in [0, 0.05) is 12.1 Å². The minimum atomic E-state index is -0.998. The number of hydrogen-bond donors (Lipinski definition) is 2. The van der Waals surface area contributed by atoms with Crippen molar-refractivity contribution in [1.82, 2.24) is 5.32 Å². The molecule has 1 aliphatic carbocycles. The van der Waals surface area contributed by atoms with Crippen molar-refractivity contribution in [1.29, 1.82) is 0 Å². The van der Waals surface area contributed by atoms with Gasteiger partial charge in [0.2, 0.25) is 0 Å². The molecule has 112 valence electrons. The van der Waals surface area contributed by atoms with Crippen LogP contribution in [0.4, 0.5) is 4.79 Å². The first-order valence-electron chi connectivity index (χ1n) is 7.13. The molecular weight excluding hydrogens is 270 g/mol. The maximum atomic E-state index is 11.8. The molecule has 0 unspecified atom stereocenters. The van der Waals surface area contributed by atoms with Crippen LogP contribution < -0.4 is 10.1 Å². The molecule has 5 heteroatoms. The van der Waals surface area contributed by atoms with Gasteiger partial charge in [-0.1, -0.05) is 31.4 Å². The van der Waals surface area contributed by atoms with Gasteiger partial charge in [-0.05, 0) is 36.6 Å². The average molecular weight is 289 g/mol. The van der Waals surface area contributed by atoms with Crippen LogP contribution >= 0.6 is 0 Å². The van der Waals surface area contributed by atoms with Gasteiger partial charge in [0.15, 0.2) is 0 Å². The minimum Gasteiger partial charge on any atom is -0.478 e. The summed E-state index contributed by atoms with van der Waals surface area (Å²) in [7, 11) is 0. The zero-order valence-corrected chi connectivity index (χ0v) is 11.7. The quantitative estimate of drug-likeness (QED) is 0.835. The van der Waals surface area contributed by atoms with E-state index in [0.29, 0.717) is 5.75 Å². The third kappa shape index (κ3) is 5.30. The highest BCUT2D eigenvalue weighted by molar-refractivity contribution is 5.85. The molecule has 5 nitrogen and oxygen atoms in total. The molecule has 1 aromatic carbocycles. The van der Waals surface area contributed by atoms with Crippen molar-refractivity contribution in [3.05, 3.63) is 35.9 Å². The molecular formula is C16H19NO4. The fourth-order valence-corrected chi connectivity index (χ4v) is 2.36. The highest BCUT2D eigenvalue weighted by Crippen LogP contribution is 2.18. The van der Waals surface area contributed by atoms with Crippen molar-refractivity contribution in [2.75, 3.05) is 0 Å². The molecule has 21 heavy (non-hydrogen) atoms. The standard InChI is InChI=1S/C16H19NO4/c18-15(19)11-8-12-6-9-14(10-7-12)21-16(20)17-13-4-2-1-3-5-13/h6-11,13H,1-5H2,(H,17,20)(H,18,19). The van der Waals surface area contributed by atoms with Gasteiger partial charge in [0.25, 0.3) is 0 Å². The Balaban J connectivity index is 1.84. The Kier molecular flexibility index (Phi) is 5.37. The molecule has 0 atom stereocenters. The number of nitrogens with one attached hydrogen (secondary N) is 1. The predicted molar refractivity (Wildman–Crippen MR) is 79.1 cm³/mol. The predicted octanol–water partition coefficient (Wildman–Crippen LogP) is 3.21. The topological polar surface area (TPSA) is 75.6 Å². The Morgan fingerprint density at radius 2 is 1.81 bits per heavy atom. The maximum absolute atomic E-state index is 11.8. The number of hydrogen-bond acceptors (Lipinski definition) is 3. The summed E-state index contributed by atoms with van der Waals surface area (Å²) in [6, 6.07) is 6.89. The summed E-state index contributed by atoms with van der Waals surface area (Å²) in [5, 5.41) is 11.4. The Morgan fingerprint density at radius 1 is 1.14 bits per heavy atom. The second-order valence-electron chi connectivity index (χ2n) is 5.11. The monoisotopic (exact) mass is 289 g/mol. The lowest BCUT2D eigenvalue weighted by molar-refractivity contribution is -0.131. The molecule has 0 radical (unpaired) electrons. The van der Waals surface area contributed by atoms with Gasteiger partial charge in [-0.15, -0.1) is 0 Å². The highest BCUT2D eigenvalue weighted by atomic mass is 16.6. The number of carbonyl (C=O) groups is 2. The van der Waals surface area contributed by atoms with Crippen molar-refractivity contribution < 1.29 is 19.4 Å². The summed E-state index contributed by atoms with van der Waals surface area (Å²) >= 11 is 0. The molecule has 0 heterocycles. The maximum Gasteiger partial charge on any atom is 0.412 e. The summed E-state index contributed by atoms with van der Waals surface area (Å²) < 4.78 is 5.21. The van der Waals surface area contributed by atoms with E-state index in [0.717, 1.165) is 37.3 Å². The number of amides is 1. The third-order valence-electron chi connectivity index (χ3n) is 3.44. The van der Waals surface area contributed by atoms with Gasteiger partial charge < -0.3 is 15.2 Å². The summed E-state index contributed by atoms with van der Waals surface area (Å²) in [5.41, 5.74) is 0.734. The Bertz CT molecular complexity index is 516. The van der Waals surface area contributed by atoms with E-state index in [4.69, 9.17) is 9.84 Å². The first kappa shape index (κ1) is 15.1. The molecule has 0 saturated heterocycles. The Hall–Kier alpha value is -2.30. The fraction of sp³-hybridized carbons (Fsp3) is 0.375. The molecule has 0 aliphatic heterocycles. The molecule has 2 N–H and O–H groups in total. The molecule has 0 aromatic heterocycles. The second-order valence-corrected chi connectivity index (χ2v) is 5.11. The van der Waals surface area contributed by atoms with E-state index in [9.17, 15) is 9.59 Å². The first-order valence-corrected chi connectivity index (χ1v) is 7.13. The average Bonchev–Trinajstić information content (AvgIpc) is 2.47. The summed E-state index contributed by atoms with van der Waals surface area (Å²) in [5.74, 6) is -0.557. The second kappa shape index (κ2) is 7.47. The molecule has 0 bridgehead atoms. The largest absolute Gasteiger partial charge is 0.478 e. The van der Waals surface area contributed by atoms with Crippen LogP contribution in [-0.4, -0.2) is 23.2 Å². The Labute approximate surface area is 123 Å². The third-order valence-corrected chi connectivity index (χ3v) is 3.44. The number of ether oxygens (including phenoxy) is 1. The lowest BCUT2D eigenvalue weighted by atomic mass is 9.96. The van der Waals surface area contributed by atoms with E-state index < -0.39 is 12.1 Å². The van der Waals surface area contributed by atoms with Crippen LogP contribution in [0.25, 0.3) is 6.08 Å². The van der Waals surface area contributed by atoms with Crippen LogP contribution in [0.15, 0.2) is 30.3 Å². The molecule has 1 saturated carbocycles. The van der Waals surface area contributed by atoms with E-state index in [-0.39, 0.29) is 6.04 Å². The zero-order valence-electron chi connectivity index (χ0n) is 11.7. The van der Waals surface area contributed by atoms with Gasteiger partial charge in [-0.2, -0.15) is 0 Å². The SMILES string of the molecule is O=C(O)C=Cc1ccc(OC(=O)NC2CCCCC2)cc1. The number of benzene rings is 1. The number of aliphatic carboxylic acids is 1. The van der Waals surface area contributed by atoms with E-state index in [1.54, 1.807) is 24.3 Å². The summed E-state index contributed by atoms with van der Waals surface area (Å²) in [6.07, 6.45) is 7.65. The van der Waals surface area contributed by atoms with Crippen molar-refractivity contribution >= 4 is 18.1 Å². The highest BCUT2D eigenvalue weighted by Gasteiger charge is 2.16. The lowest BCUT2D eigenvalue weighted by Crippen LogP contribution is -2.37.